The number of rotatable bonds is 4. The van der Waals surface area contributed by atoms with Gasteiger partial charge in [0, 0.05) is 6.54 Å². The topological polar surface area (TPSA) is 54.2 Å². The van der Waals surface area contributed by atoms with Gasteiger partial charge in [-0.1, -0.05) is 12.1 Å². The van der Waals surface area contributed by atoms with Crippen molar-refractivity contribution in [2.24, 2.45) is 0 Å². The van der Waals surface area contributed by atoms with Crippen LogP contribution in [0.3, 0.4) is 0 Å². The van der Waals surface area contributed by atoms with Crippen LogP contribution in [0, 0.1) is 0 Å². The van der Waals surface area contributed by atoms with Crippen LogP contribution in [0.1, 0.15) is 37.9 Å². The van der Waals surface area contributed by atoms with Gasteiger partial charge in [0.15, 0.2) is 5.82 Å². The van der Waals surface area contributed by atoms with Crippen LogP contribution in [-0.4, -0.2) is 42.2 Å². The van der Waals surface area contributed by atoms with Gasteiger partial charge in [-0.25, -0.2) is 0 Å². The summed E-state index contributed by atoms with van der Waals surface area (Å²) < 4.78 is 5.47. The monoisotopic (exact) mass is 238 g/mol. The summed E-state index contributed by atoms with van der Waals surface area (Å²) in [5.41, 5.74) is 0.0514. The van der Waals surface area contributed by atoms with Crippen molar-refractivity contribution in [2.45, 2.75) is 38.1 Å². The van der Waals surface area contributed by atoms with Crippen molar-refractivity contribution in [3.8, 4) is 0 Å². The summed E-state index contributed by atoms with van der Waals surface area (Å²) in [4.78, 5) is 6.61. The molecule has 1 fully saturated rings. The summed E-state index contributed by atoms with van der Waals surface area (Å²) in [6, 6.07) is 0. The second kappa shape index (κ2) is 5.14. The van der Waals surface area contributed by atoms with Crippen molar-refractivity contribution in [3.63, 3.8) is 0 Å². The summed E-state index contributed by atoms with van der Waals surface area (Å²) in [5, 5.41) is 7.51. The van der Waals surface area contributed by atoms with Gasteiger partial charge >= 0.3 is 0 Å². The van der Waals surface area contributed by atoms with Gasteiger partial charge in [0.05, 0.1) is 12.0 Å². The first-order valence-electron chi connectivity index (χ1n) is 6.35. The van der Waals surface area contributed by atoms with Gasteiger partial charge in [0.1, 0.15) is 0 Å². The highest BCUT2D eigenvalue weighted by Crippen LogP contribution is 2.33. The lowest BCUT2D eigenvalue weighted by Crippen LogP contribution is -2.43. The number of nitrogens with one attached hydrogen (secondary N) is 1. The van der Waals surface area contributed by atoms with Crippen molar-refractivity contribution in [2.75, 3.05) is 27.2 Å². The van der Waals surface area contributed by atoms with Gasteiger partial charge < -0.3 is 14.7 Å². The average molecular weight is 238 g/mol. The SMILES string of the molecule is CCC1(c2nc(CN(C)C)no2)CCCNC1. The molecule has 2 heterocycles. The molecule has 1 aliphatic rings. The molecule has 5 heteroatoms. The minimum atomic E-state index is 0.0514. The second-order valence-corrected chi connectivity index (χ2v) is 5.17. The van der Waals surface area contributed by atoms with Gasteiger partial charge in [0.25, 0.3) is 0 Å². The number of nitrogens with zero attached hydrogens (tertiary/aromatic N) is 3. The molecule has 0 radical (unpaired) electrons. The van der Waals surface area contributed by atoms with E-state index in [1.54, 1.807) is 0 Å². The van der Waals surface area contributed by atoms with Crippen LogP contribution in [0.4, 0.5) is 0 Å². The molecule has 1 N–H and O–H groups in total. The maximum atomic E-state index is 5.47. The van der Waals surface area contributed by atoms with Gasteiger partial charge in [-0.05, 0) is 39.9 Å². The summed E-state index contributed by atoms with van der Waals surface area (Å²) in [5.74, 6) is 1.59. The molecule has 1 aromatic heterocycles. The molecular formula is C12H22N4O. The summed E-state index contributed by atoms with van der Waals surface area (Å²) in [7, 11) is 4.02. The Morgan fingerprint density at radius 2 is 2.29 bits per heavy atom. The van der Waals surface area contributed by atoms with Crippen LogP contribution in [0.5, 0.6) is 0 Å². The molecule has 1 saturated heterocycles. The zero-order valence-electron chi connectivity index (χ0n) is 11.0. The van der Waals surface area contributed by atoms with E-state index in [0.717, 1.165) is 44.2 Å². The fourth-order valence-corrected chi connectivity index (χ4v) is 2.42. The van der Waals surface area contributed by atoms with E-state index in [2.05, 4.69) is 22.4 Å². The lowest BCUT2D eigenvalue weighted by molar-refractivity contribution is 0.220. The minimum Gasteiger partial charge on any atom is -0.339 e. The number of aromatic nitrogens is 2. The van der Waals surface area contributed by atoms with E-state index < -0.39 is 0 Å². The Morgan fingerprint density at radius 1 is 1.47 bits per heavy atom. The van der Waals surface area contributed by atoms with Crippen molar-refractivity contribution >= 4 is 0 Å². The number of hydrogen-bond acceptors (Lipinski definition) is 5. The van der Waals surface area contributed by atoms with E-state index in [0.29, 0.717) is 0 Å². The lowest BCUT2D eigenvalue weighted by Gasteiger charge is -2.33. The van der Waals surface area contributed by atoms with Crippen LogP contribution in [-0.2, 0) is 12.0 Å². The maximum Gasteiger partial charge on any atom is 0.234 e. The predicted molar refractivity (Wildman–Crippen MR) is 65.8 cm³/mol. The van der Waals surface area contributed by atoms with Crippen LogP contribution < -0.4 is 5.32 Å². The molecule has 0 bridgehead atoms. The van der Waals surface area contributed by atoms with E-state index in [-0.39, 0.29) is 5.41 Å². The first-order chi connectivity index (χ1) is 8.16. The van der Waals surface area contributed by atoms with Crippen molar-refractivity contribution < 1.29 is 4.52 Å². The van der Waals surface area contributed by atoms with E-state index in [1.165, 1.54) is 6.42 Å². The van der Waals surface area contributed by atoms with Gasteiger partial charge in [-0.15, -0.1) is 0 Å². The third kappa shape index (κ3) is 2.66. The normalized spacial score (nSPS) is 25.4. The van der Waals surface area contributed by atoms with E-state index >= 15 is 0 Å². The summed E-state index contributed by atoms with van der Waals surface area (Å²) in [6.07, 6.45) is 3.36. The Kier molecular flexibility index (Phi) is 3.79. The van der Waals surface area contributed by atoms with Crippen molar-refractivity contribution in [1.29, 1.82) is 0 Å². The fraction of sp³-hybridized carbons (Fsp3) is 0.833. The zero-order chi connectivity index (χ0) is 12.3. The quantitative estimate of drug-likeness (QED) is 0.853. The van der Waals surface area contributed by atoms with E-state index in [1.807, 2.05) is 19.0 Å². The molecule has 0 saturated carbocycles. The Balaban J connectivity index is 2.16. The maximum absolute atomic E-state index is 5.47. The highest BCUT2D eigenvalue weighted by Gasteiger charge is 2.37. The lowest BCUT2D eigenvalue weighted by atomic mass is 9.78. The number of hydrogen-bond donors (Lipinski definition) is 1. The highest BCUT2D eigenvalue weighted by atomic mass is 16.5. The van der Waals surface area contributed by atoms with E-state index in [9.17, 15) is 0 Å². The summed E-state index contributed by atoms with van der Waals surface area (Å²) >= 11 is 0. The smallest absolute Gasteiger partial charge is 0.234 e. The van der Waals surface area contributed by atoms with Crippen LogP contribution >= 0.6 is 0 Å². The van der Waals surface area contributed by atoms with Crippen LogP contribution in [0.2, 0.25) is 0 Å². The largest absolute Gasteiger partial charge is 0.339 e. The first-order valence-corrected chi connectivity index (χ1v) is 6.35. The van der Waals surface area contributed by atoms with Gasteiger partial charge in [0.2, 0.25) is 5.89 Å². The molecule has 17 heavy (non-hydrogen) atoms. The fourth-order valence-electron chi connectivity index (χ4n) is 2.42. The molecule has 0 amide bonds. The highest BCUT2D eigenvalue weighted by molar-refractivity contribution is 5.08. The predicted octanol–water partition coefficient (Wildman–Crippen LogP) is 1.16. The molecule has 0 spiro atoms. The Labute approximate surface area is 103 Å². The van der Waals surface area contributed by atoms with E-state index in [4.69, 9.17) is 4.52 Å². The molecular weight excluding hydrogens is 216 g/mol. The Hall–Kier alpha value is -0.940. The standard InChI is InChI=1S/C12H22N4O/c1-4-12(6-5-7-13-9-12)11-14-10(15-17-11)8-16(2)3/h13H,4-9H2,1-3H3. The average Bonchev–Trinajstić information content (AvgIpc) is 2.78. The third-order valence-corrected chi connectivity index (χ3v) is 3.53. The molecule has 5 nitrogen and oxygen atoms in total. The second-order valence-electron chi connectivity index (χ2n) is 5.17. The third-order valence-electron chi connectivity index (χ3n) is 3.53. The molecule has 96 valence electrons. The Bertz CT molecular complexity index is 355. The van der Waals surface area contributed by atoms with Crippen LogP contribution in [0.25, 0.3) is 0 Å². The molecule has 1 unspecified atom stereocenters. The van der Waals surface area contributed by atoms with Crippen molar-refractivity contribution in [1.82, 2.24) is 20.4 Å². The Morgan fingerprint density at radius 3 is 2.88 bits per heavy atom. The molecule has 1 aliphatic heterocycles. The molecule has 0 aliphatic carbocycles. The number of piperidine rings is 1. The van der Waals surface area contributed by atoms with Crippen LogP contribution in [0.15, 0.2) is 4.52 Å². The summed E-state index contributed by atoms with van der Waals surface area (Å²) in [6.45, 7) is 4.98. The van der Waals surface area contributed by atoms with Gasteiger partial charge in [-0.2, -0.15) is 4.98 Å². The molecule has 1 atom stereocenters. The molecule has 2 rings (SSSR count). The first kappa shape index (κ1) is 12.5. The molecule has 0 aromatic carbocycles. The minimum absolute atomic E-state index is 0.0514. The molecule has 1 aromatic rings. The van der Waals surface area contributed by atoms with Crippen molar-refractivity contribution in [3.05, 3.63) is 11.7 Å². The zero-order valence-corrected chi connectivity index (χ0v) is 11.0. The van der Waals surface area contributed by atoms with Gasteiger partial charge in [-0.3, -0.25) is 0 Å².